The number of nitrogens with one attached hydrogen (secondary N) is 2. The fourth-order valence-corrected chi connectivity index (χ4v) is 3.14. The van der Waals surface area contributed by atoms with Gasteiger partial charge in [-0.2, -0.15) is 0 Å². The first kappa shape index (κ1) is 20.2. The zero-order valence-corrected chi connectivity index (χ0v) is 16.1. The summed E-state index contributed by atoms with van der Waals surface area (Å²) in [5.74, 6) is 0. The molecule has 142 valence electrons. The molecule has 9 heteroatoms. The van der Waals surface area contributed by atoms with Crippen molar-refractivity contribution in [3.63, 3.8) is 0 Å². The SMILES string of the molecule is CC(C)(C)OC(=O)NCc1ccc(NS(=O)(=O)c2ccc([N+]#N)cc2)cc1. The highest BCUT2D eigenvalue weighted by Crippen LogP contribution is 2.20. The first-order chi connectivity index (χ1) is 12.6. The van der Waals surface area contributed by atoms with Crippen molar-refractivity contribution in [3.05, 3.63) is 59.1 Å². The van der Waals surface area contributed by atoms with Crippen LogP contribution in [0.3, 0.4) is 0 Å². The molecule has 0 aliphatic carbocycles. The third kappa shape index (κ3) is 6.27. The van der Waals surface area contributed by atoms with Crippen molar-refractivity contribution in [3.8, 4) is 0 Å². The van der Waals surface area contributed by atoms with Gasteiger partial charge < -0.3 is 10.1 Å². The average Bonchev–Trinajstić information content (AvgIpc) is 2.59. The van der Waals surface area contributed by atoms with Crippen molar-refractivity contribution >= 4 is 27.5 Å². The summed E-state index contributed by atoms with van der Waals surface area (Å²) in [4.78, 5) is 14.7. The number of carbonyl (C=O) groups excluding carboxylic acids is 1. The lowest BCUT2D eigenvalue weighted by Gasteiger charge is -2.19. The van der Waals surface area contributed by atoms with Crippen molar-refractivity contribution < 1.29 is 17.9 Å². The molecule has 0 aliphatic heterocycles. The van der Waals surface area contributed by atoms with Crippen LogP contribution >= 0.6 is 0 Å². The number of benzene rings is 2. The second-order valence-corrected chi connectivity index (χ2v) is 8.43. The van der Waals surface area contributed by atoms with E-state index in [4.69, 9.17) is 10.1 Å². The average molecular weight is 389 g/mol. The number of hydrogen-bond acceptors (Lipinski definition) is 5. The van der Waals surface area contributed by atoms with Crippen LogP contribution in [0.5, 0.6) is 0 Å². The monoisotopic (exact) mass is 389 g/mol. The largest absolute Gasteiger partial charge is 0.444 e. The minimum atomic E-state index is -3.76. The molecule has 0 radical (unpaired) electrons. The van der Waals surface area contributed by atoms with Crippen molar-refractivity contribution in [2.75, 3.05) is 4.72 Å². The van der Waals surface area contributed by atoms with E-state index in [9.17, 15) is 13.2 Å². The number of anilines is 1. The third-order valence-electron chi connectivity index (χ3n) is 3.30. The van der Waals surface area contributed by atoms with E-state index < -0.39 is 21.7 Å². The molecule has 0 saturated carbocycles. The van der Waals surface area contributed by atoms with Crippen LogP contribution in [0.15, 0.2) is 53.4 Å². The number of diazo groups is 1. The summed E-state index contributed by atoms with van der Waals surface area (Å²) in [5.41, 5.74) is 0.857. The molecular formula is C18H21N4O4S+. The molecule has 0 aliphatic rings. The summed E-state index contributed by atoms with van der Waals surface area (Å²) in [5, 5.41) is 11.3. The highest BCUT2D eigenvalue weighted by atomic mass is 32.2. The Labute approximate surface area is 158 Å². The van der Waals surface area contributed by atoms with E-state index in [0.29, 0.717) is 5.69 Å². The molecule has 2 N–H and O–H groups in total. The molecule has 2 aromatic rings. The Bertz CT molecular complexity index is 941. The first-order valence-electron chi connectivity index (χ1n) is 8.13. The van der Waals surface area contributed by atoms with Crippen LogP contribution in [-0.4, -0.2) is 20.1 Å². The van der Waals surface area contributed by atoms with Gasteiger partial charge in [0.05, 0.1) is 4.90 Å². The zero-order valence-electron chi connectivity index (χ0n) is 15.3. The lowest BCUT2D eigenvalue weighted by Crippen LogP contribution is -2.32. The Kier molecular flexibility index (Phi) is 6.02. The Morgan fingerprint density at radius 2 is 1.67 bits per heavy atom. The van der Waals surface area contributed by atoms with Crippen molar-refractivity contribution in [1.82, 2.24) is 5.32 Å². The van der Waals surface area contributed by atoms with Crippen molar-refractivity contribution in [2.24, 2.45) is 0 Å². The summed E-state index contributed by atoms with van der Waals surface area (Å²) < 4.78 is 32.3. The first-order valence-corrected chi connectivity index (χ1v) is 9.61. The van der Waals surface area contributed by atoms with Crippen LogP contribution in [0.25, 0.3) is 4.98 Å². The molecular weight excluding hydrogens is 368 g/mol. The maximum absolute atomic E-state index is 12.4. The van der Waals surface area contributed by atoms with E-state index >= 15 is 0 Å². The number of rotatable bonds is 5. The fraction of sp³-hybridized carbons (Fsp3) is 0.278. The predicted octanol–water partition coefficient (Wildman–Crippen LogP) is 4.00. The van der Waals surface area contributed by atoms with E-state index in [0.717, 1.165) is 5.56 Å². The highest BCUT2D eigenvalue weighted by molar-refractivity contribution is 7.92. The van der Waals surface area contributed by atoms with Gasteiger partial charge in [-0.1, -0.05) is 12.1 Å². The maximum atomic E-state index is 12.4. The van der Waals surface area contributed by atoms with E-state index in [1.807, 2.05) is 0 Å². The predicted molar refractivity (Wildman–Crippen MR) is 102 cm³/mol. The number of amides is 1. The molecule has 0 fully saturated rings. The lowest BCUT2D eigenvalue weighted by molar-refractivity contribution is 0.0523. The normalized spacial score (nSPS) is 11.3. The quantitative estimate of drug-likeness (QED) is 0.751. The van der Waals surface area contributed by atoms with Crippen LogP contribution in [0.2, 0.25) is 0 Å². The second-order valence-electron chi connectivity index (χ2n) is 6.75. The minimum Gasteiger partial charge on any atom is -0.444 e. The van der Waals surface area contributed by atoms with Gasteiger partial charge in [0.1, 0.15) is 5.60 Å². The number of ether oxygens (including phenoxy) is 1. The molecule has 1 amide bonds. The summed E-state index contributed by atoms with van der Waals surface area (Å²) in [6, 6.07) is 12.1. The molecule has 0 bridgehead atoms. The smallest absolute Gasteiger partial charge is 0.407 e. The zero-order chi connectivity index (χ0) is 20.1. The number of sulfonamides is 1. The lowest BCUT2D eigenvalue weighted by atomic mass is 10.2. The molecule has 27 heavy (non-hydrogen) atoms. The van der Waals surface area contributed by atoms with Gasteiger partial charge in [-0.3, -0.25) is 4.72 Å². The number of nitrogens with zero attached hydrogens (tertiary/aromatic N) is 2. The van der Waals surface area contributed by atoms with Crippen molar-refractivity contribution in [2.45, 2.75) is 37.8 Å². The molecule has 0 aromatic heterocycles. The van der Waals surface area contributed by atoms with Crippen LogP contribution in [-0.2, 0) is 21.3 Å². The second kappa shape index (κ2) is 8.05. The summed E-state index contributed by atoms with van der Waals surface area (Å²) in [6.45, 7) is 5.59. The molecule has 0 atom stereocenters. The van der Waals surface area contributed by atoms with E-state index in [1.54, 1.807) is 45.0 Å². The Balaban J connectivity index is 1.98. The van der Waals surface area contributed by atoms with Gasteiger partial charge >= 0.3 is 11.8 Å². The van der Waals surface area contributed by atoms with Gasteiger partial charge in [0.2, 0.25) is 5.39 Å². The standard InChI is InChI=1S/C18H20N4O4S/c1-18(2,3)26-17(23)20-12-13-4-6-15(7-5-13)22-27(24,25)16-10-8-14(21-19)9-11-16/h4-11,22H,12H2,1-3H3/p+1. The van der Waals surface area contributed by atoms with E-state index in [-0.39, 0.29) is 17.1 Å². The van der Waals surface area contributed by atoms with Crippen molar-refractivity contribution in [1.29, 1.82) is 5.39 Å². The highest BCUT2D eigenvalue weighted by Gasteiger charge is 2.17. The maximum Gasteiger partial charge on any atom is 0.407 e. The topological polar surface area (TPSA) is 113 Å². The van der Waals surface area contributed by atoms with Crippen LogP contribution in [0.1, 0.15) is 26.3 Å². The Morgan fingerprint density at radius 3 is 2.19 bits per heavy atom. The third-order valence-corrected chi connectivity index (χ3v) is 4.70. The van der Waals surface area contributed by atoms with Crippen LogP contribution in [0.4, 0.5) is 16.2 Å². The number of carbonyl (C=O) groups is 1. The Morgan fingerprint density at radius 1 is 1.07 bits per heavy atom. The van der Waals surface area contributed by atoms with Gasteiger partial charge in [0.15, 0.2) is 4.98 Å². The molecule has 2 aromatic carbocycles. The van der Waals surface area contributed by atoms with E-state index in [1.165, 1.54) is 24.3 Å². The molecule has 0 spiro atoms. The van der Waals surface area contributed by atoms with Crippen LogP contribution < -0.4 is 10.0 Å². The summed E-state index contributed by atoms with van der Waals surface area (Å²) >= 11 is 0. The van der Waals surface area contributed by atoms with Gasteiger partial charge in [0.25, 0.3) is 10.0 Å². The van der Waals surface area contributed by atoms with Gasteiger partial charge in [-0.05, 0) is 50.6 Å². The minimum absolute atomic E-state index is 0.0468. The van der Waals surface area contributed by atoms with Gasteiger partial charge in [-0.25, -0.2) is 13.2 Å². The fourth-order valence-electron chi connectivity index (χ4n) is 2.09. The van der Waals surface area contributed by atoms with Crippen LogP contribution in [0, 0.1) is 5.39 Å². The molecule has 0 heterocycles. The van der Waals surface area contributed by atoms with E-state index in [2.05, 4.69) is 15.0 Å². The molecule has 8 nitrogen and oxygen atoms in total. The van der Waals surface area contributed by atoms with Gasteiger partial charge in [-0.15, -0.1) is 0 Å². The number of alkyl carbamates (subject to hydrolysis) is 1. The van der Waals surface area contributed by atoms with Gasteiger partial charge in [0, 0.05) is 24.4 Å². The number of hydrogen-bond donors (Lipinski definition) is 2. The molecule has 2 rings (SSSR count). The Hall–Kier alpha value is -3.12. The molecule has 0 saturated heterocycles. The summed E-state index contributed by atoms with van der Waals surface area (Å²) in [6.07, 6.45) is -0.523. The molecule has 0 unspecified atom stereocenters. The summed E-state index contributed by atoms with van der Waals surface area (Å²) in [7, 11) is -3.76.